The van der Waals surface area contributed by atoms with E-state index < -0.39 is 0 Å². The van der Waals surface area contributed by atoms with Crippen molar-refractivity contribution in [2.75, 3.05) is 13.1 Å². The van der Waals surface area contributed by atoms with Crippen LogP contribution in [0.15, 0.2) is 35.3 Å². The largest absolute Gasteiger partial charge is 0.357 e. The lowest BCUT2D eigenvalue weighted by Crippen LogP contribution is -2.40. The minimum absolute atomic E-state index is 0.0701. The molecule has 0 aliphatic carbocycles. The maximum Gasteiger partial charge on any atom is 0.221 e. The Morgan fingerprint density at radius 3 is 2.55 bits per heavy atom. The maximum atomic E-state index is 11.7. The van der Waals surface area contributed by atoms with Crippen LogP contribution in [0.25, 0.3) is 0 Å². The minimum atomic E-state index is 0.0701. The van der Waals surface area contributed by atoms with Gasteiger partial charge in [0.15, 0.2) is 5.96 Å². The second-order valence-corrected chi connectivity index (χ2v) is 5.23. The molecule has 5 heteroatoms. The van der Waals surface area contributed by atoms with Gasteiger partial charge >= 0.3 is 0 Å². The molecule has 1 amide bonds. The highest BCUT2D eigenvalue weighted by Crippen LogP contribution is 1.99. The quantitative estimate of drug-likeness (QED) is 0.509. The number of rotatable bonds is 8. The van der Waals surface area contributed by atoms with Gasteiger partial charge in [-0.25, -0.2) is 4.99 Å². The first-order chi connectivity index (χ1) is 10.7. The molecule has 0 radical (unpaired) electrons. The fraction of sp³-hybridized carbons (Fsp3) is 0.529. The molecule has 0 saturated carbocycles. The summed E-state index contributed by atoms with van der Waals surface area (Å²) >= 11 is 0. The number of hydrogen-bond donors (Lipinski definition) is 3. The molecule has 0 saturated heterocycles. The Labute approximate surface area is 133 Å². The molecule has 0 aliphatic heterocycles. The van der Waals surface area contributed by atoms with Crippen LogP contribution in [-0.2, 0) is 11.3 Å². The molecule has 5 nitrogen and oxygen atoms in total. The van der Waals surface area contributed by atoms with Gasteiger partial charge in [-0.05, 0) is 25.8 Å². The second kappa shape index (κ2) is 10.7. The molecule has 0 aliphatic rings. The Balaban J connectivity index is 2.39. The molecule has 0 heterocycles. The van der Waals surface area contributed by atoms with E-state index in [4.69, 9.17) is 0 Å². The number of amides is 1. The topological polar surface area (TPSA) is 65.5 Å². The van der Waals surface area contributed by atoms with E-state index in [1.165, 1.54) is 0 Å². The summed E-state index contributed by atoms with van der Waals surface area (Å²) in [5, 5.41) is 9.33. The van der Waals surface area contributed by atoms with Crippen molar-refractivity contribution in [3.05, 3.63) is 35.9 Å². The molecule has 3 N–H and O–H groups in total. The monoisotopic (exact) mass is 304 g/mol. The lowest BCUT2D eigenvalue weighted by atomic mass is 10.2. The van der Waals surface area contributed by atoms with Gasteiger partial charge in [0.2, 0.25) is 5.91 Å². The normalized spacial score (nSPS) is 12.6. The minimum Gasteiger partial charge on any atom is -0.357 e. The first kappa shape index (κ1) is 18.0. The number of carbonyl (C=O) groups is 1. The summed E-state index contributed by atoms with van der Waals surface area (Å²) in [7, 11) is 0. The van der Waals surface area contributed by atoms with Crippen LogP contribution in [0.5, 0.6) is 0 Å². The number of nitrogens with one attached hydrogen (secondary N) is 3. The van der Waals surface area contributed by atoms with E-state index in [0.717, 1.165) is 24.5 Å². The highest BCUT2D eigenvalue weighted by atomic mass is 16.1. The van der Waals surface area contributed by atoms with E-state index in [-0.39, 0.29) is 11.9 Å². The van der Waals surface area contributed by atoms with Crippen molar-refractivity contribution < 1.29 is 4.79 Å². The van der Waals surface area contributed by atoms with Crippen LogP contribution in [0.1, 0.15) is 39.2 Å². The fourth-order valence-electron chi connectivity index (χ4n) is 1.84. The summed E-state index contributed by atoms with van der Waals surface area (Å²) in [4.78, 5) is 16.2. The molecule has 0 spiro atoms. The average molecular weight is 304 g/mol. The molecule has 1 aromatic rings. The summed E-state index contributed by atoms with van der Waals surface area (Å²) in [5.74, 6) is 0.809. The van der Waals surface area contributed by atoms with Crippen LogP contribution in [0.3, 0.4) is 0 Å². The molecule has 1 atom stereocenters. The Hall–Kier alpha value is -2.04. The zero-order chi connectivity index (χ0) is 16.2. The molecule has 0 fully saturated rings. The van der Waals surface area contributed by atoms with Gasteiger partial charge in [0.05, 0.1) is 6.54 Å². The Bertz CT molecular complexity index is 459. The SMILES string of the molecule is CCNC(=NCc1ccccc1)NCCC(=O)NC(C)CC. The maximum absolute atomic E-state index is 11.7. The first-order valence-corrected chi connectivity index (χ1v) is 8.01. The molecular formula is C17H28N4O. The Morgan fingerprint density at radius 2 is 1.91 bits per heavy atom. The van der Waals surface area contributed by atoms with E-state index in [1.54, 1.807) is 0 Å². The number of benzene rings is 1. The predicted octanol–water partition coefficient (Wildman–Crippen LogP) is 2.05. The predicted molar refractivity (Wildman–Crippen MR) is 91.8 cm³/mol. The molecular weight excluding hydrogens is 276 g/mol. The zero-order valence-corrected chi connectivity index (χ0v) is 13.9. The van der Waals surface area contributed by atoms with Crippen molar-refractivity contribution in [3.8, 4) is 0 Å². The van der Waals surface area contributed by atoms with Crippen LogP contribution in [0.4, 0.5) is 0 Å². The van der Waals surface area contributed by atoms with Crippen molar-refractivity contribution in [2.45, 2.75) is 46.2 Å². The van der Waals surface area contributed by atoms with Gasteiger partial charge in [-0.1, -0.05) is 37.3 Å². The van der Waals surface area contributed by atoms with Gasteiger partial charge in [0.25, 0.3) is 0 Å². The molecule has 1 aromatic carbocycles. The van der Waals surface area contributed by atoms with Crippen LogP contribution < -0.4 is 16.0 Å². The first-order valence-electron chi connectivity index (χ1n) is 8.01. The van der Waals surface area contributed by atoms with Crippen LogP contribution in [-0.4, -0.2) is 31.0 Å². The summed E-state index contributed by atoms with van der Waals surface area (Å²) in [5.41, 5.74) is 1.16. The van der Waals surface area contributed by atoms with Crippen molar-refractivity contribution in [3.63, 3.8) is 0 Å². The summed E-state index contributed by atoms with van der Waals surface area (Å²) in [6.07, 6.45) is 1.39. The van der Waals surface area contributed by atoms with Crippen LogP contribution in [0, 0.1) is 0 Å². The van der Waals surface area contributed by atoms with Crippen LogP contribution >= 0.6 is 0 Å². The molecule has 0 bridgehead atoms. The van der Waals surface area contributed by atoms with E-state index in [0.29, 0.717) is 19.5 Å². The standard InChI is InChI=1S/C17H28N4O/c1-4-14(3)21-16(22)11-12-19-17(18-5-2)20-13-15-9-7-6-8-10-15/h6-10,14H,4-5,11-13H2,1-3H3,(H,21,22)(H2,18,19,20). The number of hydrogen-bond acceptors (Lipinski definition) is 2. The third-order valence-corrected chi connectivity index (χ3v) is 3.27. The molecule has 22 heavy (non-hydrogen) atoms. The van der Waals surface area contributed by atoms with Crippen molar-refractivity contribution >= 4 is 11.9 Å². The van der Waals surface area contributed by atoms with E-state index >= 15 is 0 Å². The third kappa shape index (κ3) is 7.67. The highest BCUT2D eigenvalue weighted by Gasteiger charge is 2.05. The van der Waals surface area contributed by atoms with E-state index in [1.807, 2.05) is 44.2 Å². The van der Waals surface area contributed by atoms with E-state index in [9.17, 15) is 4.79 Å². The van der Waals surface area contributed by atoms with Gasteiger partial charge in [0, 0.05) is 25.6 Å². The van der Waals surface area contributed by atoms with E-state index in [2.05, 4.69) is 27.9 Å². The number of aliphatic imine (C=N–C) groups is 1. The summed E-state index contributed by atoms with van der Waals surface area (Å²) in [6, 6.07) is 10.3. The van der Waals surface area contributed by atoms with Gasteiger partial charge < -0.3 is 16.0 Å². The van der Waals surface area contributed by atoms with Gasteiger partial charge in [-0.3, -0.25) is 4.79 Å². The smallest absolute Gasteiger partial charge is 0.221 e. The molecule has 1 rings (SSSR count). The van der Waals surface area contributed by atoms with Crippen molar-refractivity contribution in [1.82, 2.24) is 16.0 Å². The summed E-state index contributed by atoms with van der Waals surface area (Å²) in [6.45, 7) is 8.08. The average Bonchev–Trinajstić information content (AvgIpc) is 2.53. The van der Waals surface area contributed by atoms with Gasteiger partial charge in [0.1, 0.15) is 0 Å². The fourth-order valence-corrected chi connectivity index (χ4v) is 1.84. The Kier molecular flexibility index (Phi) is 8.72. The third-order valence-electron chi connectivity index (χ3n) is 3.27. The lowest BCUT2D eigenvalue weighted by Gasteiger charge is -2.13. The van der Waals surface area contributed by atoms with Gasteiger partial charge in [-0.15, -0.1) is 0 Å². The molecule has 1 unspecified atom stereocenters. The summed E-state index contributed by atoms with van der Waals surface area (Å²) < 4.78 is 0. The molecule has 122 valence electrons. The molecule has 0 aromatic heterocycles. The second-order valence-electron chi connectivity index (χ2n) is 5.23. The van der Waals surface area contributed by atoms with Crippen LogP contribution in [0.2, 0.25) is 0 Å². The number of nitrogens with zero attached hydrogens (tertiary/aromatic N) is 1. The number of carbonyl (C=O) groups excluding carboxylic acids is 1. The van der Waals surface area contributed by atoms with Crippen molar-refractivity contribution in [1.29, 1.82) is 0 Å². The Morgan fingerprint density at radius 1 is 1.18 bits per heavy atom. The number of guanidine groups is 1. The van der Waals surface area contributed by atoms with Crippen molar-refractivity contribution in [2.24, 2.45) is 4.99 Å². The lowest BCUT2D eigenvalue weighted by molar-refractivity contribution is -0.121. The highest BCUT2D eigenvalue weighted by molar-refractivity contribution is 5.81. The van der Waals surface area contributed by atoms with Gasteiger partial charge in [-0.2, -0.15) is 0 Å². The zero-order valence-electron chi connectivity index (χ0n) is 13.9.